The Bertz CT molecular complexity index is 632. The fourth-order valence-corrected chi connectivity index (χ4v) is 3.94. The Morgan fingerprint density at radius 3 is 2.52 bits per heavy atom. The Morgan fingerprint density at radius 2 is 1.84 bits per heavy atom. The number of thiazole rings is 1. The van der Waals surface area contributed by atoms with E-state index >= 15 is 0 Å². The van der Waals surface area contributed by atoms with E-state index in [2.05, 4.69) is 37.4 Å². The molecule has 0 saturated carbocycles. The molecule has 1 aromatic carbocycles. The number of hydrogen-bond donors (Lipinski definition) is 1. The molecule has 1 heterocycles. The third-order valence-corrected chi connectivity index (χ3v) is 5.53. The van der Waals surface area contributed by atoms with Crippen LogP contribution in [0, 0.1) is 11.3 Å². The van der Waals surface area contributed by atoms with Crippen LogP contribution >= 0.6 is 11.3 Å². The molecule has 0 spiro atoms. The van der Waals surface area contributed by atoms with Gasteiger partial charge in [0.15, 0.2) is 5.13 Å². The zero-order valence-corrected chi connectivity index (χ0v) is 16.2. The maximum absolute atomic E-state index is 9.15. The molecular formula is C21H29N3S. The van der Waals surface area contributed by atoms with E-state index in [-0.39, 0.29) is 5.92 Å². The van der Waals surface area contributed by atoms with Gasteiger partial charge in [-0.15, -0.1) is 11.3 Å². The summed E-state index contributed by atoms with van der Waals surface area (Å²) in [6.07, 6.45) is 7.57. The maximum Gasteiger partial charge on any atom is 0.183 e. The topological polar surface area (TPSA) is 48.7 Å². The fourth-order valence-electron chi connectivity index (χ4n) is 2.88. The molecule has 0 saturated heterocycles. The number of unbranched alkanes of at least 4 members (excludes halogenated alkanes) is 2. The van der Waals surface area contributed by atoms with E-state index in [0.717, 1.165) is 24.5 Å². The lowest BCUT2D eigenvalue weighted by atomic mass is 9.96. The second kappa shape index (κ2) is 10.9. The summed E-state index contributed by atoms with van der Waals surface area (Å²) >= 11 is 1.80. The molecule has 0 radical (unpaired) electrons. The van der Waals surface area contributed by atoms with Gasteiger partial charge in [-0.25, -0.2) is 4.98 Å². The van der Waals surface area contributed by atoms with E-state index in [1.807, 2.05) is 18.2 Å². The average Bonchev–Trinajstić information content (AvgIpc) is 3.04. The van der Waals surface area contributed by atoms with E-state index in [9.17, 15) is 0 Å². The number of anilines is 1. The van der Waals surface area contributed by atoms with Gasteiger partial charge in [0.1, 0.15) is 0 Å². The third-order valence-electron chi connectivity index (χ3n) is 4.41. The van der Waals surface area contributed by atoms with Crippen LogP contribution in [0.4, 0.5) is 5.13 Å². The van der Waals surface area contributed by atoms with Gasteiger partial charge in [-0.2, -0.15) is 5.26 Å². The van der Waals surface area contributed by atoms with Gasteiger partial charge >= 0.3 is 0 Å². The van der Waals surface area contributed by atoms with Crippen LogP contribution in [0.5, 0.6) is 0 Å². The summed E-state index contributed by atoms with van der Waals surface area (Å²) in [7, 11) is 0. The predicted molar refractivity (Wildman–Crippen MR) is 107 cm³/mol. The van der Waals surface area contributed by atoms with E-state index in [1.165, 1.54) is 41.8 Å². The van der Waals surface area contributed by atoms with Crippen LogP contribution in [-0.2, 0) is 12.8 Å². The molecule has 25 heavy (non-hydrogen) atoms. The molecule has 0 bridgehead atoms. The van der Waals surface area contributed by atoms with Gasteiger partial charge in [0.2, 0.25) is 0 Å². The van der Waals surface area contributed by atoms with E-state index in [1.54, 1.807) is 11.3 Å². The summed E-state index contributed by atoms with van der Waals surface area (Å²) in [5.74, 6) is 0.202. The standard InChI is InChI=1S/C21H29N3S/c1-3-5-12-19-20(13-6-4-2)25-21(24-19)23-16-18(14-15-22)17-10-8-7-9-11-17/h7-11,18H,3-6,12-14,16H2,1-2H3,(H,23,24). The van der Waals surface area contributed by atoms with Gasteiger partial charge in [0.05, 0.1) is 11.8 Å². The molecule has 0 fully saturated rings. The van der Waals surface area contributed by atoms with Crippen molar-refractivity contribution in [1.82, 2.24) is 4.98 Å². The Morgan fingerprint density at radius 1 is 1.12 bits per heavy atom. The summed E-state index contributed by atoms with van der Waals surface area (Å²) in [6.45, 7) is 5.22. The van der Waals surface area contributed by atoms with Crippen LogP contribution < -0.4 is 5.32 Å². The number of rotatable bonds is 11. The smallest absolute Gasteiger partial charge is 0.183 e. The van der Waals surface area contributed by atoms with Crippen LogP contribution in [0.2, 0.25) is 0 Å². The molecule has 1 atom stereocenters. The van der Waals surface area contributed by atoms with E-state index in [0.29, 0.717) is 6.42 Å². The predicted octanol–water partition coefficient (Wildman–Crippen LogP) is 5.94. The van der Waals surface area contributed by atoms with E-state index in [4.69, 9.17) is 10.2 Å². The largest absolute Gasteiger partial charge is 0.361 e. The Kier molecular flexibility index (Phi) is 8.48. The quantitative estimate of drug-likeness (QED) is 0.543. The maximum atomic E-state index is 9.15. The number of aromatic nitrogens is 1. The molecule has 2 aromatic rings. The van der Waals surface area contributed by atoms with Crippen LogP contribution in [0.25, 0.3) is 0 Å². The SMILES string of the molecule is CCCCc1nc(NCC(CC#N)c2ccccc2)sc1CCCC. The van der Waals surface area contributed by atoms with Crippen LogP contribution in [0.15, 0.2) is 30.3 Å². The number of hydrogen-bond acceptors (Lipinski definition) is 4. The molecule has 134 valence electrons. The summed E-state index contributed by atoms with van der Waals surface area (Å²) < 4.78 is 0. The first-order valence-corrected chi connectivity index (χ1v) is 10.2. The number of nitrogens with zero attached hydrogens (tertiary/aromatic N) is 2. The zero-order chi connectivity index (χ0) is 17.9. The molecule has 1 N–H and O–H groups in total. The molecule has 3 nitrogen and oxygen atoms in total. The fraction of sp³-hybridized carbons (Fsp3) is 0.524. The molecule has 2 rings (SSSR count). The monoisotopic (exact) mass is 355 g/mol. The van der Waals surface area contributed by atoms with Gasteiger partial charge in [0.25, 0.3) is 0 Å². The second-order valence-electron chi connectivity index (χ2n) is 6.45. The van der Waals surface area contributed by atoms with Crippen molar-refractivity contribution >= 4 is 16.5 Å². The summed E-state index contributed by atoms with van der Waals surface area (Å²) in [5, 5.41) is 13.7. The van der Waals surface area contributed by atoms with Crippen molar-refractivity contribution in [3.63, 3.8) is 0 Å². The van der Waals surface area contributed by atoms with Crippen LogP contribution in [-0.4, -0.2) is 11.5 Å². The van der Waals surface area contributed by atoms with Crippen molar-refractivity contribution in [3.8, 4) is 6.07 Å². The first-order valence-electron chi connectivity index (χ1n) is 9.42. The molecule has 4 heteroatoms. The lowest BCUT2D eigenvalue weighted by Crippen LogP contribution is -2.12. The van der Waals surface area contributed by atoms with Gasteiger partial charge in [-0.3, -0.25) is 0 Å². The molecular weight excluding hydrogens is 326 g/mol. The Hall–Kier alpha value is -1.86. The Balaban J connectivity index is 2.04. The van der Waals surface area contributed by atoms with Gasteiger partial charge < -0.3 is 5.32 Å². The van der Waals surface area contributed by atoms with Crippen molar-refractivity contribution in [2.24, 2.45) is 0 Å². The van der Waals surface area contributed by atoms with Gasteiger partial charge in [0, 0.05) is 23.8 Å². The molecule has 1 unspecified atom stereocenters. The minimum atomic E-state index is 0.202. The molecule has 0 amide bonds. The number of nitrogens with one attached hydrogen (secondary N) is 1. The summed E-state index contributed by atoms with van der Waals surface area (Å²) in [4.78, 5) is 6.29. The average molecular weight is 356 g/mol. The highest BCUT2D eigenvalue weighted by atomic mass is 32.1. The molecule has 0 aliphatic heterocycles. The van der Waals surface area contributed by atoms with Crippen molar-refractivity contribution in [2.45, 2.75) is 64.7 Å². The number of aryl methyl sites for hydroxylation is 2. The molecule has 0 aliphatic rings. The minimum absolute atomic E-state index is 0.202. The highest BCUT2D eigenvalue weighted by Gasteiger charge is 2.14. The van der Waals surface area contributed by atoms with Gasteiger partial charge in [-0.05, 0) is 31.2 Å². The Labute approximate surface area is 156 Å². The summed E-state index contributed by atoms with van der Waals surface area (Å²) in [6, 6.07) is 12.6. The van der Waals surface area contributed by atoms with Crippen LogP contribution in [0.3, 0.4) is 0 Å². The normalized spacial score (nSPS) is 11.9. The molecule has 1 aromatic heterocycles. The first kappa shape index (κ1) is 19.5. The summed E-state index contributed by atoms with van der Waals surface area (Å²) in [5.41, 5.74) is 2.49. The van der Waals surface area contributed by atoms with Crippen molar-refractivity contribution in [3.05, 3.63) is 46.5 Å². The first-order chi connectivity index (χ1) is 12.3. The van der Waals surface area contributed by atoms with Crippen molar-refractivity contribution in [2.75, 3.05) is 11.9 Å². The lowest BCUT2D eigenvalue weighted by Gasteiger charge is -2.14. The minimum Gasteiger partial charge on any atom is -0.361 e. The highest BCUT2D eigenvalue weighted by molar-refractivity contribution is 7.15. The van der Waals surface area contributed by atoms with Gasteiger partial charge in [-0.1, -0.05) is 57.0 Å². The molecule has 0 aliphatic carbocycles. The number of nitriles is 1. The zero-order valence-electron chi connectivity index (χ0n) is 15.4. The lowest BCUT2D eigenvalue weighted by molar-refractivity contribution is 0.737. The second-order valence-corrected chi connectivity index (χ2v) is 7.53. The van der Waals surface area contributed by atoms with Crippen molar-refractivity contribution in [1.29, 1.82) is 5.26 Å². The number of benzene rings is 1. The highest BCUT2D eigenvalue weighted by Crippen LogP contribution is 2.28. The van der Waals surface area contributed by atoms with Crippen molar-refractivity contribution < 1.29 is 0 Å². The van der Waals surface area contributed by atoms with E-state index < -0.39 is 0 Å². The third kappa shape index (κ3) is 6.17. The van der Waals surface area contributed by atoms with Crippen LogP contribution in [0.1, 0.15) is 68.0 Å².